The lowest BCUT2D eigenvalue weighted by molar-refractivity contribution is 0.0921. The van der Waals surface area contributed by atoms with Crippen LogP contribution in [0.3, 0.4) is 0 Å². The molecular formula is C11H19N3O2S. The van der Waals surface area contributed by atoms with Crippen molar-refractivity contribution in [1.82, 2.24) is 10.3 Å². The Balaban J connectivity index is 2.09. The van der Waals surface area contributed by atoms with Crippen molar-refractivity contribution in [2.24, 2.45) is 5.92 Å². The molecule has 0 saturated heterocycles. The molecule has 1 aromatic rings. The van der Waals surface area contributed by atoms with E-state index in [0.717, 1.165) is 13.0 Å². The van der Waals surface area contributed by atoms with Gasteiger partial charge in [0.25, 0.3) is 5.91 Å². The van der Waals surface area contributed by atoms with Gasteiger partial charge in [-0.3, -0.25) is 4.79 Å². The van der Waals surface area contributed by atoms with Gasteiger partial charge in [0.15, 0.2) is 5.13 Å². The second-order valence-corrected chi connectivity index (χ2v) is 5.04. The summed E-state index contributed by atoms with van der Waals surface area (Å²) in [6, 6.07) is 0. The first-order valence-electron chi connectivity index (χ1n) is 5.66. The zero-order valence-electron chi connectivity index (χ0n) is 10.2. The number of hydrogen-bond acceptors (Lipinski definition) is 5. The Morgan fingerprint density at radius 1 is 1.65 bits per heavy atom. The number of nitrogens with zero attached hydrogens (tertiary/aromatic N) is 1. The van der Waals surface area contributed by atoms with Gasteiger partial charge in [0.1, 0.15) is 5.69 Å². The third kappa shape index (κ3) is 5.65. The predicted molar refractivity (Wildman–Crippen MR) is 69.1 cm³/mol. The van der Waals surface area contributed by atoms with Crippen molar-refractivity contribution in [3.05, 3.63) is 11.1 Å². The molecule has 0 aliphatic carbocycles. The predicted octanol–water partition coefficient (Wildman–Crippen LogP) is 1.52. The maximum Gasteiger partial charge on any atom is 0.270 e. The summed E-state index contributed by atoms with van der Waals surface area (Å²) >= 11 is 1.26. The Bertz CT molecular complexity index is 352. The Hall–Kier alpha value is -1.14. The van der Waals surface area contributed by atoms with Gasteiger partial charge >= 0.3 is 0 Å². The van der Waals surface area contributed by atoms with Crippen LogP contribution in [0.5, 0.6) is 0 Å². The maximum atomic E-state index is 11.5. The van der Waals surface area contributed by atoms with Crippen molar-refractivity contribution in [2.45, 2.75) is 20.3 Å². The van der Waals surface area contributed by atoms with E-state index in [4.69, 9.17) is 10.5 Å². The topological polar surface area (TPSA) is 77.2 Å². The lowest BCUT2D eigenvalue weighted by Crippen LogP contribution is -2.25. The Labute approximate surface area is 105 Å². The zero-order chi connectivity index (χ0) is 12.7. The highest BCUT2D eigenvalue weighted by Crippen LogP contribution is 2.10. The van der Waals surface area contributed by atoms with Crippen molar-refractivity contribution in [2.75, 3.05) is 25.5 Å². The Morgan fingerprint density at radius 3 is 3.00 bits per heavy atom. The number of aromatic nitrogens is 1. The van der Waals surface area contributed by atoms with Crippen LogP contribution < -0.4 is 11.1 Å². The number of rotatable bonds is 7. The van der Waals surface area contributed by atoms with E-state index in [-0.39, 0.29) is 5.91 Å². The standard InChI is InChI=1S/C11H19N3O2S/c1-8(2)6-16-5-3-4-13-10(15)9-7-17-11(12)14-9/h7-8H,3-6H2,1-2H3,(H2,12,14)(H,13,15). The normalized spacial score (nSPS) is 10.8. The number of nitrogens with two attached hydrogens (primary N) is 1. The molecule has 1 aromatic heterocycles. The maximum absolute atomic E-state index is 11.5. The fourth-order valence-corrected chi connectivity index (χ4v) is 1.72. The number of anilines is 1. The quantitative estimate of drug-likeness (QED) is 0.726. The van der Waals surface area contributed by atoms with Gasteiger partial charge in [-0.15, -0.1) is 11.3 Å². The highest BCUT2D eigenvalue weighted by Gasteiger charge is 2.08. The van der Waals surface area contributed by atoms with E-state index in [0.29, 0.717) is 29.9 Å². The van der Waals surface area contributed by atoms with E-state index in [2.05, 4.69) is 24.1 Å². The van der Waals surface area contributed by atoms with Crippen molar-refractivity contribution in [1.29, 1.82) is 0 Å². The molecule has 6 heteroatoms. The Kier molecular flexibility index (Phi) is 5.93. The van der Waals surface area contributed by atoms with Gasteiger partial charge in [-0.05, 0) is 12.3 Å². The van der Waals surface area contributed by atoms with E-state index in [1.807, 2.05) is 0 Å². The molecule has 0 radical (unpaired) electrons. The highest BCUT2D eigenvalue weighted by atomic mass is 32.1. The molecule has 0 aliphatic rings. The number of carbonyl (C=O) groups is 1. The molecule has 5 nitrogen and oxygen atoms in total. The number of ether oxygens (including phenoxy) is 1. The summed E-state index contributed by atoms with van der Waals surface area (Å²) in [6.45, 7) is 6.23. The summed E-state index contributed by atoms with van der Waals surface area (Å²) in [5.41, 5.74) is 5.83. The van der Waals surface area contributed by atoms with E-state index in [9.17, 15) is 4.79 Å². The van der Waals surface area contributed by atoms with Gasteiger partial charge in [0.2, 0.25) is 0 Å². The number of nitrogen functional groups attached to an aromatic ring is 1. The second-order valence-electron chi connectivity index (χ2n) is 4.15. The van der Waals surface area contributed by atoms with Crippen LogP contribution in [-0.4, -0.2) is 30.6 Å². The average molecular weight is 257 g/mol. The van der Waals surface area contributed by atoms with Crippen LogP contribution in [0.4, 0.5) is 5.13 Å². The van der Waals surface area contributed by atoms with Crippen molar-refractivity contribution in [3.8, 4) is 0 Å². The summed E-state index contributed by atoms with van der Waals surface area (Å²) in [5, 5.41) is 4.84. The van der Waals surface area contributed by atoms with Gasteiger partial charge in [-0.25, -0.2) is 4.98 Å². The molecule has 0 spiro atoms. The van der Waals surface area contributed by atoms with Crippen LogP contribution in [0.15, 0.2) is 5.38 Å². The third-order valence-electron chi connectivity index (χ3n) is 1.96. The van der Waals surface area contributed by atoms with Gasteiger partial charge in [0.05, 0.1) is 0 Å². The molecule has 1 heterocycles. The fourth-order valence-electron chi connectivity index (χ4n) is 1.18. The molecule has 96 valence electrons. The molecule has 3 N–H and O–H groups in total. The van der Waals surface area contributed by atoms with E-state index < -0.39 is 0 Å². The summed E-state index contributed by atoms with van der Waals surface area (Å²) in [5.74, 6) is 0.365. The number of carbonyl (C=O) groups excluding carboxylic acids is 1. The minimum atomic E-state index is -0.179. The van der Waals surface area contributed by atoms with Crippen LogP contribution >= 0.6 is 11.3 Å². The van der Waals surface area contributed by atoms with E-state index in [1.165, 1.54) is 11.3 Å². The SMILES string of the molecule is CC(C)COCCCNC(=O)c1csc(N)n1. The lowest BCUT2D eigenvalue weighted by Gasteiger charge is -2.07. The molecule has 0 fully saturated rings. The number of amides is 1. The van der Waals surface area contributed by atoms with Crippen molar-refractivity contribution < 1.29 is 9.53 Å². The average Bonchev–Trinajstić information content (AvgIpc) is 2.69. The third-order valence-corrected chi connectivity index (χ3v) is 2.63. The second kappa shape index (κ2) is 7.24. The molecule has 0 aliphatic heterocycles. The van der Waals surface area contributed by atoms with E-state index >= 15 is 0 Å². The van der Waals surface area contributed by atoms with Gasteiger partial charge in [0, 0.05) is 25.1 Å². The molecule has 0 aromatic carbocycles. The number of nitrogens with one attached hydrogen (secondary N) is 1. The minimum absolute atomic E-state index is 0.179. The summed E-state index contributed by atoms with van der Waals surface area (Å²) in [7, 11) is 0. The first kappa shape index (κ1) is 13.9. The summed E-state index contributed by atoms with van der Waals surface area (Å²) < 4.78 is 5.40. The van der Waals surface area contributed by atoms with Crippen LogP contribution in [-0.2, 0) is 4.74 Å². The van der Waals surface area contributed by atoms with Crippen LogP contribution in [0.1, 0.15) is 30.8 Å². The van der Waals surface area contributed by atoms with E-state index in [1.54, 1.807) is 5.38 Å². The van der Waals surface area contributed by atoms with Crippen molar-refractivity contribution >= 4 is 22.4 Å². The fraction of sp³-hybridized carbons (Fsp3) is 0.636. The summed E-state index contributed by atoms with van der Waals surface area (Å²) in [6.07, 6.45) is 0.804. The van der Waals surface area contributed by atoms with Crippen LogP contribution in [0.2, 0.25) is 0 Å². The largest absolute Gasteiger partial charge is 0.381 e. The van der Waals surface area contributed by atoms with Gasteiger partial charge < -0.3 is 15.8 Å². The molecule has 1 amide bonds. The zero-order valence-corrected chi connectivity index (χ0v) is 11.0. The highest BCUT2D eigenvalue weighted by molar-refractivity contribution is 7.13. The van der Waals surface area contributed by atoms with Crippen molar-refractivity contribution in [3.63, 3.8) is 0 Å². The molecule has 1 rings (SSSR count). The molecule has 0 saturated carbocycles. The molecule has 0 unspecified atom stereocenters. The van der Waals surface area contributed by atoms with Crippen LogP contribution in [0.25, 0.3) is 0 Å². The molecule has 17 heavy (non-hydrogen) atoms. The van der Waals surface area contributed by atoms with Gasteiger partial charge in [-0.2, -0.15) is 0 Å². The molecular weight excluding hydrogens is 238 g/mol. The van der Waals surface area contributed by atoms with Crippen LogP contribution in [0, 0.1) is 5.92 Å². The first-order valence-corrected chi connectivity index (χ1v) is 6.54. The minimum Gasteiger partial charge on any atom is -0.381 e. The number of hydrogen-bond donors (Lipinski definition) is 2. The molecule has 0 bridgehead atoms. The molecule has 0 atom stereocenters. The lowest BCUT2D eigenvalue weighted by atomic mass is 10.2. The first-order chi connectivity index (χ1) is 8.09. The smallest absolute Gasteiger partial charge is 0.270 e. The summed E-state index contributed by atoms with van der Waals surface area (Å²) in [4.78, 5) is 15.4. The number of thiazole rings is 1. The Morgan fingerprint density at radius 2 is 2.41 bits per heavy atom. The monoisotopic (exact) mass is 257 g/mol. The van der Waals surface area contributed by atoms with Gasteiger partial charge in [-0.1, -0.05) is 13.8 Å².